The molecule has 0 spiro atoms. The lowest BCUT2D eigenvalue weighted by Gasteiger charge is -2.08. The number of rotatable bonds is 6. The van der Waals surface area contributed by atoms with Gasteiger partial charge in [0.25, 0.3) is 0 Å². The van der Waals surface area contributed by atoms with Crippen molar-refractivity contribution in [2.75, 3.05) is 5.32 Å². The van der Waals surface area contributed by atoms with Crippen LogP contribution in [-0.4, -0.2) is 21.0 Å². The van der Waals surface area contributed by atoms with E-state index in [4.69, 9.17) is 0 Å². The van der Waals surface area contributed by atoms with Gasteiger partial charge in [0, 0.05) is 18.2 Å². The highest BCUT2D eigenvalue weighted by atomic mass is 32.1. The summed E-state index contributed by atoms with van der Waals surface area (Å²) >= 11 is 1.67. The van der Waals surface area contributed by atoms with Crippen molar-refractivity contribution in [3.8, 4) is 0 Å². The number of carbonyl (C=O) groups is 1. The van der Waals surface area contributed by atoms with E-state index in [-0.39, 0.29) is 12.5 Å². The summed E-state index contributed by atoms with van der Waals surface area (Å²) in [7, 11) is 0. The molecule has 0 aliphatic heterocycles. The number of hydrogen-bond acceptors (Lipinski definition) is 5. The van der Waals surface area contributed by atoms with E-state index >= 15 is 0 Å². The van der Waals surface area contributed by atoms with Gasteiger partial charge in [0.2, 0.25) is 5.91 Å². The summed E-state index contributed by atoms with van der Waals surface area (Å²) in [6, 6.07) is 9.73. The average molecular weight is 327 g/mol. The fraction of sp³-hybridized carbons (Fsp3) is 0.235. The van der Waals surface area contributed by atoms with Gasteiger partial charge in [-0.3, -0.25) is 9.78 Å². The number of carbonyl (C=O) groups excluding carboxylic acids is 1. The van der Waals surface area contributed by atoms with E-state index in [1.54, 1.807) is 29.8 Å². The number of fused-ring (bicyclic) bond motifs is 1. The molecule has 5 nitrogen and oxygen atoms in total. The summed E-state index contributed by atoms with van der Waals surface area (Å²) in [4.78, 5) is 20.5. The molecule has 6 heteroatoms. The van der Waals surface area contributed by atoms with Crippen LogP contribution in [0.15, 0.2) is 42.7 Å². The van der Waals surface area contributed by atoms with Gasteiger partial charge < -0.3 is 10.4 Å². The van der Waals surface area contributed by atoms with Crippen molar-refractivity contribution in [1.29, 1.82) is 0 Å². The Morgan fingerprint density at radius 3 is 2.96 bits per heavy atom. The van der Waals surface area contributed by atoms with Crippen molar-refractivity contribution in [3.63, 3.8) is 0 Å². The second kappa shape index (κ2) is 7.30. The molecular formula is C17H17N3O2S. The van der Waals surface area contributed by atoms with Gasteiger partial charge in [-0.25, -0.2) is 4.98 Å². The van der Waals surface area contributed by atoms with Gasteiger partial charge in [-0.1, -0.05) is 12.1 Å². The lowest BCUT2D eigenvalue weighted by atomic mass is 10.2. The van der Waals surface area contributed by atoms with Crippen LogP contribution in [0.5, 0.6) is 0 Å². The number of benzene rings is 1. The van der Waals surface area contributed by atoms with Crippen LogP contribution in [0.4, 0.5) is 5.69 Å². The maximum atomic E-state index is 12.0. The zero-order valence-electron chi connectivity index (χ0n) is 12.5. The van der Waals surface area contributed by atoms with Crippen LogP contribution in [0.25, 0.3) is 10.2 Å². The molecule has 0 bridgehead atoms. The molecule has 0 radical (unpaired) electrons. The number of nitrogens with one attached hydrogen (secondary N) is 1. The van der Waals surface area contributed by atoms with Crippen LogP contribution < -0.4 is 5.32 Å². The molecule has 0 aliphatic rings. The quantitative estimate of drug-likeness (QED) is 0.729. The van der Waals surface area contributed by atoms with Crippen molar-refractivity contribution in [2.24, 2.45) is 0 Å². The molecule has 2 heterocycles. The number of hydrogen-bond donors (Lipinski definition) is 2. The summed E-state index contributed by atoms with van der Waals surface area (Å²) in [5, 5.41) is 13.1. The zero-order valence-corrected chi connectivity index (χ0v) is 13.3. The third-order valence-corrected chi connectivity index (χ3v) is 4.58. The van der Waals surface area contributed by atoms with Gasteiger partial charge in [-0.05, 0) is 31.0 Å². The maximum absolute atomic E-state index is 12.0. The van der Waals surface area contributed by atoms with E-state index in [0.29, 0.717) is 17.7 Å². The SMILES string of the molecule is O=C(CCCc1nc2ccccc2s1)Nc1cnccc1CO. The highest BCUT2D eigenvalue weighted by molar-refractivity contribution is 7.18. The lowest BCUT2D eigenvalue weighted by molar-refractivity contribution is -0.116. The Labute approximate surface area is 138 Å². The van der Waals surface area contributed by atoms with E-state index in [2.05, 4.69) is 21.4 Å². The van der Waals surface area contributed by atoms with Crippen LogP contribution in [0.1, 0.15) is 23.4 Å². The smallest absolute Gasteiger partial charge is 0.224 e. The molecule has 23 heavy (non-hydrogen) atoms. The molecule has 3 rings (SSSR count). The number of amides is 1. The molecule has 0 saturated heterocycles. The average Bonchev–Trinajstić information content (AvgIpc) is 2.98. The molecule has 2 N–H and O–H groups in total. The topological polar surface area (TPSA) is 75.1 Å². The molecule has 0 saturated carbocycles. The highest BCUT2D eigenvalue weighted by Crippen LogP contribution is 2.22. The first-order chi connectivity index (χ1) is 11.3. The van der Waals surface area contributed by atoms with E-state index in [1.807, 2.05) is 18.2 Å². The van der Waals surface area contributed by atoms with Gasteiger partial charge in [0.05, 0.1) is 33.7 Å². The minimum atomic E-state index is -0.121. The molecule has 3 aromatic rings. The minimum Gasteiger partial charge on any atom is -0.392 e. The normalized spacial score (nSPS) is 10.8. The van der Waals surface area contributed by atoms with Crippen LogP contribution >= 0.6 is 11.3 Å². The largest absolute Gasteiger partial charge is 0.392 e. The summed E-state index contributed by atoms with van der Waals surface area (Å²) in [5.74, 6) is -0.0752. The van der Waals surface area contributed by atoms with Gasteiger partial charge in [0.1, 0.15) is 0 Å². The molecule has 1 amide bonds. The third-order valence-electron chi connectivity index (χ3n) is 3.49. The zero-order chi connectivity index (χ0) is 16.1. The number of aryl methyl sites for hydroxylation is 1. The molecule has 0 aliphatic carbocycles. The number of aliphatic hydroxyl groups excluding tert-OH is 1. The first-order valence-corrected chi connectivity index (χ1v) is 8.26. The first kappa shape index (κ1) is 15.6. The number of anilines is 1. The molecule has 0 fully saturated rings. The monoisotopic (exact) mass is 327 g/mol. The fourth-order valence-corrected chi connectivity index (χ4v) is 3.32. The number of pyridine rings is 1. The molecule has 118 valence electrons. The van der Waals surface area contributed by atoms with Crippen molar-refractivity contribution in [2.45, 2.75) is 25.9 Å². The van der Waals surface area contributed by atoms with Crippen LogP contribution in [0.3, 0.4) is 0 Å². The van der Waals surface area contributed by atoms with E-state index in [9.17, 15) is 9.90 Å². The van der Waals surface area contributed by atoms with Crippen molar-refractivity contribution in [1.82, 2.24) is 9.97 Å². The number of para-hydroxylation sites is 1. The van der Waals surface area contributed by atoms with Crippen LogP contribution in [0.2, 0.25) is 0 Å². The van der Waals surface area contributed by atoms with Gasteiger partial charge in [0.15, 0.2) is 0 Å². The molecule has 0 atom stereocenters. The minimum absolute atomic E-state index is 0.0752. The Balaban J connectivity index is 1.53. The van der Waals surface area contributed by atoms with Gasteiger partial charge in [-0.2, -0.15) is 0 Å². The predicted molar refractivity (Wildman–Crippen MR) is 91.3 cm³/mol. The second-order valence-electron chi connectivity index (χ2n) is 5.17. The highest BCUT2D eigenvalue weighted by Gasteiger charge is 2.08. The summed E-state index contributed by atoms with van der Waals surface area (Å²) in [5.41, 5.74) is 2.25. The van der Waals surface area contributed by atoms with Crippen molar-refractivity contribution < 1.29 is 9.90 Å². The second-order valence-corrected chi connectivity index (χ2v) is 6.28. The van der Waals surface area contributed by atoms with E-state index in [0.717, 1.165) is 23.4 Å². The maximum Gasteiger partial charge on any atom is 0.224 e. The lowest BCUT2D eigenvalue weighted by Crippen LogP contribution is -2.13. The summed E-state index contributed by atoms with van der Waals surface area (Å²) in [6.07, 6.45) is 5.08. The first-order valence-electron chi connectivity index (χ1n) is 7.44. The summed E-state index contributed by atoms with van der Waals surface area (Å²) in [6.45, 7) is -0.121. The summed E-state index contributed by atoms with van der Waals surface area (Å²) < 4.78 is 1.18. The molecule has 2 aromatic heterocycles. The number of nitrogens with zero attached hydrogens (tertiary/aromatic N) is 2. The fourth-order valence-electron chi connectivity index (χ4n) is 2.31. The third kappa shape index (κ3) is 3.91. The van der Waals surface area contributed by atoms with Crippen LogP contribution in [-0.2, 0) is 17.8 Å². The Kier molecular flexibility index (Phi) is 4.95. The molecular weight excluding hydrogens is 310 g/mol. The molecule has 0 unspecified atom stereocenters. The Hall–Kier alpha value is -2.31. The van der Waals surface area contributed by atoms with Crippen molar-refractivity contribution >= 4 is 33.1 Å². The Bertz CT molecular complexity index is 783. The number of aliphatic hydroxyl groups is 1. The van der Waals surface area contributed by atoms with E-state index in [1.165, 1.54) is 4.70 Å². The number of aromatic nitrogens is 2. The molecule has 1 aromatic carbocycles. The number of thiazole rings is 1. The Morgan fingerprint density at radius 1 is 1.26 bits per heavy atom. The van der Waals surface area contributed by atoms with Crippen LogP contribution in [0, 0.1) is 0 Å². The Morgan fingerprint density at radius 2 is 2.13 bits per heavy atom. The van der Waals surface area contributed by atoms with E-state index < -0.39 is 0 Å². The predicted octanol–water partition coefficient (Wildman–Crippen LogP) is 3.15. The standard InChI is InChI=1S/C17H17N3O2S/c21-11-12-8-9-18-10-14(12)19-16(22)6-3-7-17-20-13-4-1-2-5-15(13)23-17/h1-2,4-5,8-10,21H,3,6-7,11H2,(H,19,22). The van der Waals surface area contributed by atoms with Gasteiger partial charge in [-0.15, -0.1) is 11.3 Å². The van der Waals surface area contributed by atoms with Gasteiger partial charge >= 0.3 is 0 Å². The van der Waals surface area contributed by atoms with Crippen molar-refractivity contribution in [3.05, 3.63) is 53.3 Å².